The van der Waals surface area contributed by atoms with Gasteiger partial charge in [-0.3, -0.25) is 0 Å². The van der Waals surface area contributed by atoms with E-state index in [0.717, 1.165) is 55.2 Å². The van der Waals surface area contributed by atoms with Gasteiger partial charge in [0.25, 0.3) is 0 Å². The lowest BCUT2D eigenvalue weighted by molar-refractivity contribution is 0.412. The SMILES string of the molecule is COc1ccc(C)c(-c2cnc3[nH]c(-c4cnc(C)nc4)c(Br)c3n2)c1C. The second kappa shape index (κ2) is 6.74. The number of nitrogens with zero attached hydrogens (tertiary/aromatic N) is 4. The molecule has 6 nitrogen and oxygen atoms in total. The Labute approximate surface area is 165 Å². The fourth-order valence-corrected chi connectivity index (χ4v) is 3.81. The Balaban J connectivity index is 1.89. The molecule has 0 saturated heterocycles. The molecular formula is C20H18BrN5O. The summed E-state index contributed by atoms with van der Waals surface area (Å²) in [6.07, 6.45) is 5.36. The number of fused-ring (bicyclic) bond motifs is 1. The van der Waals surface area contributed by atoms with Crippen LogP contribution in [0.3, 0.4) is 0 Å². The lowest BCUT2D eigenvalue weighted by atomic mass is 9.99. The van der Waals surface area contributed by atoms with Crippen LogP contribution in [0.1, 0.15) is 17.0 Å². The van der Waals surface area contributed by atoms with Crippen molar-refractivity contribution in [2.24, 2.45) is 0 Å². The molecule has 0 bridgehead atoms. The van der Waals surface area contributed by atoms with E-state index >= 15 is 0 Å². The Bertz CT molecular complexity index is 1150. The van der Waals surface area contributed by atoms with Gasteiger partial charge in [-0.05, 0) is 48.3 Å². The monoisotopic (exact) mass is 423 g/mol. The van der Waals surface area contributed by atoms with Gasteiger partial charge in [-0.1, -0.05) is 6.07 Å². The Kier molecular flexibility index (Phi) is 4.39. The maximum Gasteiger partial charge on any atom is 0.157 e. The number of aromatic nitrogens is 5. The first-order valence-corrected chi connectivity index (χ1v) is 9.26. The second-order valence-corrected chi connectivity index (χ2v) is 7.16. The maximum atomic E-state index is 5.47. The molecule has 1 N–H and O–H groups in total. The van der Waals surface area contributed by atoms with Gasteiger partial charge >= 0.3 is 0 Å². The zero-order chi connectivity index (χ0) is 19.1. The smallest absolute Gasteiger partial charge is 0.157 e. The molecule has 27 heavy (non-hydrogen) atoms. The second-order valence-electron chi connectivity index (χ2n) is 6.37. The zero-order valence-corrected chi connectivity index (χ0v) is 17.0. The van der Waals surface area contributed by atoms with Gasteiger partial charge in [0.15, 0.2) is 5.65 Å². The third-order valence-electron chi connectivity index (χ3n) is 4.61. The summed E-state index contributed by atoms with van der Waals surface area (Å²) in [6, 6.07) is 4.01. The molecule has 0 spiro atoms. The topological polar surface area (TPSA) is 76.6 Å². The van der Waals surface area contributed by atoms with Gasteiger partial charge < -0.3 is 9.72 Å². The number of aryl methyl sites for hydroxylation is 2. The molecule has 3 heterocycles. The minimum Gasteiger partial charge on any atom is -0.496 e. The van der Waals surface area contributed by atoms with Crippen LogP contribution in [0.2, 0.25) is 0 Å². The number of halogens is 1. The summed E-state index contributed by atoms with van der Waals surface area (Å²) in [5.74, 6) is 1.57. The molecule has 0 atom stereocenters. The predicted molar refractivity (Wildman–Crippen MR) is 109 cm³/mol. The summed E-state index contributed by atoms with van der Waals surface area (Å²) < 4.78 is 6.31. The van der Waals surface area contributed by atoms with E-state index in [9.17, 15) is 0 Å². The highest BCUT2D eigenvalue weighted by atomic mass is 79.9. The number of H-pyrrole nitrogens is 1. The van der Waals surface area contributed by atoms with E-state index < -0.39 is 0 Å². The van der Waals surface area contributed by atoms with Crippen molar-refractivity contribution in [1.29, 1.82) is 0 Å². The third-order valence-corrected chi connectivity index (χ3v) is 5.38. The van der Waals surface area contributed by atoms with Crippen LogP contribution in [0.25, 0.3) is 33.7 Å². The van der Waals surface area contributed by atoms with E-state index in [4.69, 9.17) is 9.72 Å². The normalized spacial score (nSPS) is 11.1. The van der Waals surface area contributed by atoms with E-state index in [2.05, 4.69) is 42.8 Å². The lowest BCUT2D eigenvalue weighted by Gasteiger charge is -2.13. The van der Waals surface area contributed by atoms with Gasteiger partial charge in [0.05, 0.1) is 29.2 Å². The Morgan fingerprint density at radius 3 is 2.44 bits per heavy atom. The van der Waals surface area contributed by atoms with E-state index in [0.29, 0.717) is 5.65 Å². The van der Waals surface area contributed by atoms with Crippen LogP contribution in [-0.2, 0) is 0 Å². The number of aromatic amines is 1. The first-order chi connectivity index (χ1) is 13.0. The summed E-state index contributed by atoms with van der Waals surface area (Å²) in [4.78, 5) is 21.3. The van der Waals surface area contributed by atoms with Crippen molar-refractivity contribution in [2.45, 2.75) is 20.8 Å². The summed E-state index contributed by atoms with van der Waals surface area (Å²) in [7, 11) is 1.68. The molecule has 136 valence electrons. The van der Waals surface area contributed by atoms with Crippen LogP contribution < -0.4 is 4.74 Å². The third kappa shape index (κ3) is 2.98. The summed E-state index contributed by atoms with van der Waals surface area (Å²) >= 11 is 3.66. The number of hydrogen-bond acceptors (Lipinski definition) is 5. The van der Waals surface area contributed by atoms with Crippen LogP contribution in [-0.4, -0.2) is 32.0 Å². The maximum absolute atomic E-state index is 5.47. The van der Waals surface area contributed by atoms with Gasteiger partial charge in [0.1, 0.15) is 17.1 Å². The quantitative estimate of drug-likeness (QED) is 0.512. The van der Waals surface area contributed by atoms with Gasteiger partial charge in [-0.25, -0.2) is 19.9 Å². The molecule has 4 rings (SSSR count). The van der Waals surface area contributed by atoms with Crippen molar-refractivity contribution < 1.29 is 4.74 Å². The Morgan fingerprint density at radius 2 is 1.74 bits per heavy atom. The van der Waals surface area contributed by atoms with Gasteiger partial charge in [-0.2, -0.15) is 0 Å². The number of ether oxygens (including phenoxy) is 1. The number of rotatable bonds is 3. The molecule has 0 amide bonds. The van der Waals surface area contributed by atoms with E-state index in [-0.39, 0.29) is 0 Å². The van der Waals surface area contributed by atoms with Crippen molar-refractivity contribution in [3.8, 4) is 28.3 Å². The average molecular weight is 424 g/mol. The van der Waals surface area contributed by atoms with Gasteiger partial charge in [0.2, 0.25) is 0 Å². The summed E-state index contributed by atoms with van der Waals surface area (Å²) in [5.41, 5.74) is 7.23. The van der Waals surface area contributed by atoms with Crippen molar-refractivity contribution in [3.63, 3.8) is 0 Å². The molecule has 0 aliphatic heterocycles. The number of methoxy groups -OCH3 is 1. The number of hydrogen-bond donors (Lipinski definition) is 1. The van der Waals surface area contributed by atoms with Crippen LogP contribution in [0.5, 0.6) is 5.75 Å². The molecule has 3 aromatic heterocycles. The van der Waals surface area contributed by atoms with Crippen LogP contribution in [0.15, 0.2) is 35.2 Å². The number of nitrogens with one attached hydrogen (secondary N) is 1. The molecule has 0 unspecified atom stereocenters. The first kappa shape index (κ1) is 17.6. The van der Waals surface area contributed by atoms with Gasteiger partial charge in [0, 0.05) is 29.1 Å². The molecule has 7 heteroatoms. The van der Waals surface area contributed by atoms with Crippen molar-refractivity contribution in [1.82, 2.24) is 24.9 Å². The minimum atomic E-state index is 0.708. The van der Waals surface area contributed by atoms with E-state index in [1.165, 1.54) is 0 Å². The average Bonchev–Trinajstić information content (AvgIpc) is 2.99. The molecule has 0 radical (unpaired) electrons. The van der Waals surface area contributed by atoms with Crippen LogP contribution >= 0.6 is 15.9 Å². The zero-order valence-electron chi connectivity index (χ0n) is 15.5. The summed E-state index contributed by atoms with van der Waals surface area (Å²) in [5, 5.41) is 0. The molecule has 0 aliphatic rings. The van der Waals surface area contributed by atoms with Crippen molar-refractivity contribution in [3.05, 3.63) is 52.1 Å². The molecule has 0 fully saturated rings. The highest BCUT2D eigenvalue weighted by Crippen LogP contribution is 2.36. The number of benzene rings is 1. The lowest BCUT2D eigenvalue weighted by Crippen LogP contribution is -1.96. The van der Waals surface area contributed by atoms with Crippen LogP contribution in [0.4, 0.5) is 0 Å². The van der Waals surface area contributed by atoms with Crippen molar-refractivity contribution >= 4 is 27.1 Å². The molecule has 4 aromatic rings. The fraction of sp³-hybridized carbons (Fsp3) is 0.200. The van der Waals surface area contributed by atoms with Crippen molar-refractivity contribution in [2.75, 3.05) is 7.11 Å². The largest absolute Gasteiger partial charge is 0.496 e. The predicted octanol–water partition coefficient (Wildman–Crippen LogP) is 4.78. The molecule has 0 aliphatic carbocycles. The Hall–Kier alpha value is -2.80. The first-order valence-electron chi connectivity index (χ1n) is 8.47. The Morgan fingerprint density at radius 1 is 1.00 bits per heavy atom. The highest BCUT2D eigenvalue weighted by molar-refractivity contribution is 9.10. The van der Waals surface area contributed by atoms with Crippen LogP contribution in [0, 0.1) is 20.8 Å². The van der Waals surface area contributed by atoms with Gasteiger partial charge in [-0.15, -0.1) is 0 Å². The fourth-order valence-electron chi connectivity index (χ4n) is 3.21. The highest BCUT2D eigenvalue weighted by Gasteiger charge is 2.17. The molecule has 0 saturated carbocycles. The summed E-state index contributed by atoms with van der Waals surface area (Å²) in [6.45, 7) is 5.96. The van der Waals surface area contributed by atoms with E-state index in [1.54, 1.807) is 25.7 Å². The van der Waals surface area contributed by atoms with E-state index in [1.807, 2.05) is 26.0 Å². The standard InChI is InChI=1S/C20H18BrN5O/c1-10-5-6-15(27-4)11(2)16(10)14-9-24-20-19(25-14)17(21)18(26-20)13-7-22-12(3)23-8-13/h5-9H,1-4H3,(H,24,26). The molecular weight excluding hydrogens is 406 g/mol. The minimum absolute atomic E-state index is 0.708. The molecule has 1 aromatic carbocycles.